The van der Waals surface area contributed by atoms with Gasteiger partial charge in [0.05, 0.1) is 24.6 Å². The van der Waals surface area contributed by atoms with Crippen molar-refractivity contribution in [1.82, 2.24) is 15.1 Å². The summed E-state index contributed by atoms with van der Waals surface area (Å²) in [6.45, 7) is 0.436. The predicted octanol–water partition coefficient (Wildman–Crippen LogP) is 3.46. The largest absolute Gasteiger partial charge is 0.497 e. The molecular formula is C18H16ClN3O2. The van der Waals surface area contributed by atoms with Gasteiger partial charge in [-0.3, -0.25) is 4.79 Å². The number of nitrogens with zero attached hydrogens (tertiary/aromatic N) is 2. The average molecular weight is 342 g/mol. The first kappa shape index (κ1) is 16.1. The normalized spacial score (nSPS) is 10.4. The van der Waals surface area contributed by atoms with E-state index in [2.05, 4.69) is 10.4 Å². The molecule has 0 bridgehead atoms. The Morgan fingerprint density at radius 2 is 2.04 bits per heavy atom. The average Bonchev–Trinajstić information content (AvgIpc) is 3.10. The van der Waals surface area contributed by atoms with Crippen molar-refractivity contribution in [2.24, 2.45) is 0 Å². The second-order valence-corrected chi connectivity index (χ2v) is 5.62. The number of carbonyl (C=O) groups is 1. The monoisotopic (exact) mass is 341 g/mol. The fourth-order valence-electron chi connectivity index (χ4n) is 2.23. The number of amides is 1. The number of nitrogens with one attached hydrogen (secondary N) is 1. The number of halogens is 1. The van der Waals surface area contributed by atoms with Crippen molar-refractivity contribution in [1.29, 1.82) is 0 Å². The van der Waals surface area contributed by atoms with Crippen molar-refractivity contribution >= 4 is 17.5 Å². The van der Waals surface area contributed by atoms with Crippen LogP contribution in [0.15, 0.2) is 60.9 Å². The van der Waals surface area contributed by atoms with Crippen LogP contribution in [0.5, 0.6) is 5.75 Å². The summed E-state index contributed by atoms with van der Waals surface area (Å²) in [4.78, 5) is 12.2. The number of methoxy groups -OCH3 is 1. The number of hydrogen-bond donors (Lipinski definition) is 1. The molecule has 1 aromatic heterocycles. The molecule has 5 nitrogen and oxygen atoms in total. The highest BCUT2D eigenvalue weighted by Crippen LogP contribution is 2.15. The van der Waals surface area contributed by atoms with Gasteiger partial charge in [0.15, 0.2) is 0 Å². The molecule has 24 heavy (non-hydrogen) atoms. The lowest BCUT2D eigenvalue weighted by molar-refractivity contribution is 0.0951. The van der Waals surface area contributed by atoms with E-state index in [0.29, 0.717) is 17.1 Å². The molecule has 0 aliphatic carbocycles. The first-order valence-corrected chi connectivity index (χ1v) is 7.75. The van der Waals surface area contributed by atoms with E-state index in [-0.39, 0.29) is 5.91 Å². The zero-order valence-corrected chi connectivity index (χ0v) is 13.8. The van der Waals surface area contributed by atoms with Gasteiger partial charge < -0.3 is 10.1 Å². The Morgan fingerprint density at radius 3 is 2.75 bits per heavy atom. The minimum Gasteiger partial charge on any atom is -0.497 e. The maximum atomic E-state index is 12.2. The summed E-state index contributed by atoms with van der Waals surface area (Å²) in [6, 6.07) is 14.8. The van der Waals surface area contributed by atoms with Gasteiger partial charge in [-0.15, -0.1) is 0 Å². The Kier molecular flexibility index (Phi) is 4.82. The SMILES string of the molecule is COc1ccc(CNC(=O)c2cnn(-c3cccc(Cl)c3)c2)cc1. The van der Waals surface area contributed by atoms with Crippen LogP contribution in [0.3, 0.4) is 0 Å². The highest BCUT2D eigenvalue weighted by atomic mass is 35.5. The highest BCUT2D eigenvalue weighted by molar-refractivity contribution is 6.30. The van der Waals surface area contributed by atoms with Gasteiger partial charge in [0, 0.05) is 17.8 Å². The summed E-state index contributed by atoms with van der Waals surface area (Å²) >= 11 is 5.97. The smallest absolute Gasteiger partial charge is 0.254 e. The Bertz CT molecular complexity index is 843. The first-order valence-electron chi connectivity index (χ1n) is 7.37. The minimum absolute atomic E-state index is 0.181. The molecule has 3 rings (SSSR count). The van der Waals surface area contributed by atoms with E-state index in [0.717, 1.165) is 17.0 Å². The molecule has 122 valence electrons. The van der Waals surface area contributed by atoms with E-state index >= 15 is 0 Å². The van der Waals surface area contributed by atoms with Crippen LogP contribution in [0, 0.1) is 0 Å². The van der Waals surface area contributed by atoms with Crippen molar-refractivity contribution in [3.63, 3.8) is 0 Å². The van der Waals surface area contributed by atoms with Crippen LogP contribution < -0.4 is 10.1 Å². The van der Waals surface area contributed by atoms with Crippen molar-refractivity contribution < 1.29 is 9.53 Å². The van der Waals surface area contributed by atoms with Gasteiger partial charge in [0.25, 0.3) is 5.91 Å². The van der Waals surface area contributed by atoms with Gasteiger partial charge in [-0.05, 0) is 35.9 Å². The Labute approximate surface area is 144 Å². The molecule has 3 aromatic rings. The van der Waals surface area contributed by atoms with Crippen LogP contribution in [-0.2, 0) is 6.54 Å². The summed E-state index contributed by atoms with van der Waals surface area (Å²) in [7, 11) is 1.62. The van der Waals surface area contributed by atoms with E-state index in [9.17, 15) is 4.79 Å². The Morgan fingerprint density at radius 1 is 1.25 bits per heavy atom. The van der Waals surface area contributed by atoms with Crippen molar-refractivity contribution in [3.05, 3.63) is 77.1 Å². The van der Waals surface area contributed by atoms with Crippen LogP contribution in [0.1, 0.15) is 15.9 Å². The van der Waals surface area contributed by atoms with Gasteiger partial charge in [0.2, 0.25) is 0 Å². The fourth-order valence-corrected chi connectivity index (χ4v) is 2.41. The number of rotatable bonds is 5. The van der Waals surface area contributed by atoms with Gasteiger partial charge in [-0.25, -0.2) is 4.68 Å². The highest BCUT2D eigenvalue weighted by Gasteiger charge is 2.09. The first-order chi connectivity index (χ1) is 11.7. The molecule has 0 saturated heterocycles. The standard InChI is InChI=1S/C18H16ClN3O2/c1-24-17-7-5-13(6-8-17)10-20-18(23)14-11-21-22(12-14)16-4-2-3-15(19)9-16/h2-9,11-12H,10H2,1H3,(H,20,23). The third-order valence-electron chi connectivity index (χ3n) is 3.53. The third kappa shape index (κ3) is 3.75. The second-order valence-electron chi connectivity index (χ2n) is 5.18. The van der Waals surface area contributed by atoms with E-state index in [4.69, 9.17) is 16.3 Å². The van der Waals surface area contributed by atoms with Gasteiger partial charge >= 0.3 is 0 Å². The van der Waals surface area contributed by atoms with E-state index < -0.39 is 0 Å². The third-order valence-corrected chi connectivity index (χ3v) is 3.76. The quantitative estimate of drug-likeness (QED) is 0.773. The number of ether oxygens (including phenoxy) is 1. The summed E-state index contributed by atoms with van der Waals surface area (Å²) in [5.41, 5.74) is 2.28. The van der Waals surface area contributed by atoms with Gasteiger partial charge in [0.1, 0.15) is 5.75 Å². The maximum absolute atomic E-state index is 12.2. The predicted molar refractivity (Wildman–Crippen MR) is 92.7 cm³/mol. The molecule has 0 saturated carbocycles. The molecule has 1 amide bonds. The van der Waals surface area contributed by atoms with E-state index in [1.165, 1.54) is 6.20 Å². The van der Waals surface area contributed by atoms with Crippen LogP contribution in [0.4, 0.5) is 0 Å². The summed E-state index contributed by atoms with van der Waals surface area (Å²) in [5.74, 6) is 0.604. The van der Waals surface area contributed by atoms with Gasteiger partial charge in [-0.1, -0.05) is 29.8 Å². The lowest BCUT2D eigenvalue weighted by atomic mass is 10.2. The maximum Gasteiger partial charge on any atom is 0.254 e. The number of benzene rings is 2. The van der Waals surface area contributed by atoms with Crippen molar-refractivity contribution in [2.75, 3.05) is 7.11 Å². The van der Waals surface area contributed by atoms with E-state index in [1.807, 2.05) is 36.4 Å². The Hall–Kier alpha value is -2.79. The molecule has 0 aliphatic heterocycles. The molecule has 0 aliphatic rings. The van der Waals surface area contributed by atoms with Crippen LogP contribution in [0.25, 0.3) is 5.69 Å². The van der Waals surface area contributed by atoms with Crippen LogP contribution in [0.2, 0.25) is 5.02 Å². The zero-order chi connectivity index (χ0) is 16.9. The number of carbonyl (C=O) groups excluding carboxylic acids is 1. The molecule has 6 heteroatoms. The minimum atomic E-state index is -0.181. The molecular weight excluding hydrogens is 326 g/mol. The summed E-state index contributed by atoms with van der Waals surface area (Å²) < 4.78 is 6.73. The van der Waals surface area contributed by atoms with Crippen LogP contribution in [-0.4, -0.2) is 22.8 Å². The molecule has 1 N–H and O–H groups in total. The van der Waals surface area contributed by atoms with E-state index in [1.54, 1.807) is 30.1 Å². The summed E-state index contributed by atoms with van der Waals surface area (Å²) in [5, 5.41) is 7.70. The van der Waals surface area contributed by atoms with Crippen LogP contribution >= 0.6 is 11.6 Å². The van der Waals surface area contributed by atoms with Crippen molar-refractivity contribution in [3.8, 4) is 11.4 Å². The zero-order valence-electron chi connectivity index (χ0n) is 13.1. The number of aromatic nitrogens is 2. The fraction of sp³-hybridized carbons (Fsp3) is 0.111. The lowest BCUT2D eigenvalue weighted by Crippen LogP contribution is -2.22. The Balaban J connectivity index is 1.65. The molecule has 0 spiro atoms. The molecule has 0 unspecified atom stereocenters. The summed E-state index contributed by atoms with van der Waals surface area (Å²) in [6.07, 6.45) is 3.21. The second kappa shape index (κ2) is 7.19. The molecule has 1 heterocycles. The number of hydrogen-bond acceptors (Lipinski definition) is 3. The lowest BCUT2D eigenvalue weighted by Gasteiger charge is -2.05. The molecule has 2 aromatic carbocycles. The van der Waals surface area contributed by atoms with Crippen molar-refractivity contribution in [2.45, 2.75) is 6.54 Å². The molecule has 0 radical (unpaired) electrons. The van der Waals surface area contributed by atoms with Gasteiger partial charge in [-0.2, -0.15) is 5.10 Å². The molecule has 0 atom stereocenters. The molecule has 0 fully saturated rings. The topological polar surface area (TPSA) is 56.1 Å².